The molecule has 8 nitrogen and oxygen atoms in total. The lowest BCUT2D eigenvalue weighted by atomic mass is 9.91. The van der Waals surface area contributed by atoms with Crippen LogP contribution in [0.25, 0.3) is 17.0 Å². The number of hydrogen-bond acceptors (Lipinski definition) is 7. The molecule has 170 valence electrons. The van der Waals surface area contributed by atoms with E-state index >= 15 is 0 Å². The predicted octanol–water partition coefficient (Wildman–Crippen LogP) is 3.25. The number of carbonyl (C=O) groups is 1. The van der Waals surface area contributed by atoms with Crippen LogP contribution < -0.4 is 11.5 Å². The lowest BCUT2D eigenvalue weighted by Crippen LogP contribution is -2.39. The predicted molar refractivity (Wildman–Crippen MR) is 124 cm³/mol. The summed E-state index contributed by atoms with van der Waals surface area (Å²) in [4.78, 5) is 18.2. The van der Waals surface area contributed by atoms with Crippen molar-refractivity contribution < 1.29 is 14.1 Å². The van der Waals surface area contributed by atoms with Crippen LogP contribution >= 0.6 is 11.6 Å². The standard InChI is InChI=1S/C23H28ClN5O3/c1-13(2)31-15(4)20(24)9-17(10-25)23-27-22(28-32-23)19-6-5-16-12-29(21(30)11-26)8-7-18(16)14(19)3/h5-6,9-10,13H,4,7-8,11-12,25-26H2,1-3H3/b17-10+,20-9+. The van der Waals surface area contributed by atoms with E-state index in [1.807, 2.05) is 32.9 Å². The molecule has 1 amide bonds. The van der Waals surface area contributed by atoms with Gasteiger partial charge in [0.25, 0.3) is 5.89 Å². The van der Waals surface area contributed by atoms with Crippen molar-refractivity contribution in [2.45, 2.75) is 39.8 Å². The molecular weight excluding hydrogens is 430 g/mol. The monoisotopic (exact) mass is 457 g/mol. The van der Waals surface area contributed by atoms with Crippen molar-refractivity contribution in [3.05, 3.63) is 64.4 Å². The minimum Gasteiger partial charge on any atom is -0.490 e. The smallest absolute Gasteiger partial charge is 0.259 e. The van der Waals surface area contributed by atoms with Gasteiger partial charge in [-0.3, -0.25) is 4.79 Å². The van der Waals surface area contributed by atoms with Crippen LogP contribution in [0.5, 0.6) is 0 Å². The van der Waals surface area contributed by atoms with Gasteiger partial charge in [-0.05, 0) is 50.0 Å². The van der Waals surface area contributed by atoms with Gasteiger partial charge in [0.15, 0.2) is 0 Å². The van der Waals surface area contributed by atoms with Gasteiger partial charge < -0.3 is 25.6 Å². The molecule has 0 radical (unpaired) electrons. The topological polar surface area (TPSA) is 120 Å². The summed E-state index contributed by atoms with van der Waals surface area (Å²) in [6, 6.07) is 3.93. The highest BCUT2D eigenvalue weighted by molar-refractivity contribution is 6.32. The maximum Gasteiger partial charge on any atom is 0.259 e. The van der Waals surface area contributed by atoms with Crippen molar-refractivity contribution >= 4 is 23.1 Å². The number of allylic oxidation sites excluding steroid dienone is 3. The van der Waals surface area contributed by atoms with Gasteiger partial charge in [0.1, 0.15) is 5.76 Å². The number of rotatable bonds is 7. The summed E-state index contributed by atoms with van der Waals surface area (Å²) in [5.41, 5.74) is 15.9. The molecule has 0 bridgehead atoms. The third-order valence-corrected chi connectivity index (χ3v) is 5.56. The highest BCUT2D eigenvalue weighted by Crippen LogP contribution is 2.31. The van der Waals surface area contributed by atoms with Gasteiger partial charge in [0.2, 0.25) is 11.7 Å². The Labute approximate surface area is 192 Å². The van der Waals surface area contributed by atoms with Crippen LogP contribution in [-0.2, 0) is 22.5 Å². The summed E-state index contributed by atoms with van der Waals surface area (Å²) < 4.78 is 11.0. The molecule has 0 atom stereocenters. The zero-order chi connectivity index (χ0) is 23.4. The van der Waals surface area contributed by atoms with Crippen LogP contribution in [0.15, 0.2) is 46.3 Å². The number of amides is 1. The van der Waals surface area contributed by atoms with Gasteiger partial charge >= 0.3 is 0 Å². The Morgan fingerprint density at radius 3 is 2.84 bits per heavy atom. The first-order valence-corrected chi connectivity index (χ1v) is 10.7. The molecule has 0 saturated heterocycles. The Hall–Kier alpha value is -3.10. The number of nitrogens with zero attached hydrogens (tertiary/aromatic N) is 3. The number of aromatic nitrogens is 2. The van der Waals surface area contributed by atoms with E-state index in [4.69, 9.17) is 32.3 Å². The molecule has 0 fully saturated rings. The zero-order valence-corrected chi connectivity index (χ0v) is 19.3. The van der Waals surface area contributed by atoms with Crippen molar-refractivity contribution in [1.29, 1.82) is 0 Å². The summed E-state index contributed by atoms with van der Waals surface area (Å²) in [5, 5.41) is 4.42. The van der Waals surface area contributed by atoms with Crippen molar-refractivity contribution in [3.63, 3.8) is 0 Å². The van der Waals surface area contributed by atoms with E-state index < -0.39 is 0 Å². The van der Waals surface area contributed by atoms with E-state index in [-0.39, 0.29) is 29.5 Å². The number of nitrogens with two attached hydrogens (primary N) is 2. The van der Waals surface area contributed by atoms with Gasteiger partial charge in [-0.1, -0.05) is 35.5 Å². The fourth-order valence-corrected chi connectivity index (χ4v) is 3.78. The average Bonchev–Trinajstić information content (AvgIpc) is 3.25. The molecule has 0 aliphatic carbocycles. The number of benzene rings is 1. The second kappa shape index (κ2) is 10.0. The molecule has 4 N–H and O–H groups in total. The second-order valence-electron chi connectivity index (χ2n) is 7.77. The van der Waals surface area contributed by atoms with Crippen LogP contribution in [0.2, 0.25) is 0 Å². The van der Waals surface area contributed by atoms with E-state index in [9.17, 15) is 4.79 Å². The third-order valence-electron chi connectivity index (χ3n) is 5.24. The van der Waals surface area contributed by atoms with Gasteiger partial charge in [-0.15, -0.1) is 0 Å². The summed E-state index contributed by atoms with van der Waals surface area (Å²) in [6.45, 7) is 10.8. The first-order chi connectivity index (χ1) is 15.2. The number of carbonyl (C=O) groups excluding carboxylic acids is 1. The van der Waals surface area contributed by atoms with Crippen molar-refractivity contribution in [2.24, 2.45) is 11.5 Å². The average molecular weight is 458 g/mol. The summed E-state index contributed by atoms with van der Waals surface area (Å²) in [5.74, 6) is 0.958. The molecule has 9 heteroatoms. The molecule has 0 unspecified atom stereocenters. The van der Waals surface area contributed by atoms with Crippen LogP contribution in [-0.4, -0.2) is 40.1 Å². The maximum absolute atomic E-state index is 11.9. The first kappa shape index (κ1) is 23.6. The molecule has 0 saturated carbocycles. The molecular formula is C23H28ClN5O3. The molecule has 1 aliphatic heterocycles. The number of hydrogen-bond donors (Lipinski definition) is 2. The van der Waals surface area contributed by atoms with E-state index in [0.29, 0.717) is 30.2 Å². The van der Waals surface area contributed by atoms with Crippen molar-refractivity contribution in [1.82, 2.24) is 15.0 Å². The minimum absolute atomic E-state index is 0.0183. The van der Waals surface area contributed by atoms with E-state index in [0.717, 1.165) is 23.1 Å². The molecule has 1 aromatic heterocycles. The van der Waals surface area contributed by atoms with Crippen molar-refractivity contribution in [2.75, 3.05) is 13.1 Å². The lowest BCUT2D eigenvalue weighted by Gasteiger charge is -2.30. The van der Waals surface area contributed by atoms with E-state index in [1.165, 1.54) is 11.8 Å². The molecule has 1 aliphatic rings. The van der Waals surface area contributed by atoms with Gasteiger partial charge in [0, 0.05) is 24.9 Å². The summed E-state index contributed by atoms with van der Waals surface area (Å²) in [7, 11) is 0. The van der Waals surface area contributed by atoms with Crippen LogP contribution in [0, 0.1) is 6.92 Å². The molecule has 32 heavy (non-hydrogen) atoms. The Morgan fingerprint density at radius 2 is 2.19 bits per heavy atom. The number of ether oxygens (including phenoxy) is 1. The Morgan fingerprint density at radius 1 is 1.44 bits per heavy atom. The van der Waals surface area contributed by atoms with Crippen LogP contribution in [0.4, 0.5) is 0 Å². The molecule has 0 spiro atoms. The van der Waals surface area contributed by atoms with Gasteiger partial charge in [0.05, 0.1) is 23.3 Å². The summed E-state index contributed by atoms with van der Waals surface area (Å²) in [6.07, 6.45) is 3.60. The largest absolute Gasteiger partial charge is 0.490 e. The molecule has 3 rings (SSSR count). The highest BCUT2D eigenvalue weighted by Gasteiger charge is 2.23. The fraction of sp³-hybridized carbons (Fsp3) is 0.348. The Bertz CT molecular complexity index is 1090. The molecule has 1 aromatic carbocycles. The van der Waals surface area contributed by atoms with Gasteiger partial charge in [-0.25, -0.2) is 0 Å². The SMILES string of the molecule is C=C(OC(C)C)/C(Cl)=C\C(=C/N)c1nc(-c2ccc3c(c2C)CCN(C(=O)CN)C3)no1. The fourth-order valence-electron chi connectivity index (χ4n) is 3.61. The van der Waals surface area contributed by atoms with E-state index in [1.54, 1.807) is 11.0 Å². The maximum atomic E-state index is 11.9. The molecule has 2 heterocycles. The number of fused-ring (bicyclic) bond motifs is 1. The second-order valence-corrected chi connectivity index (χ2v) is 8.18. The minimum atomic E-state index is -0.0579. The quantitative estimate of drug-likeness (QED) is 0.483. The zero-order valence-electron chi connectivity index (χ0n) is 18.5. The summed E-state index contributed by atoms with van der Waals surface area (Å²) >= 11 is 6.29. The van der Waals surface area contributed by atoms with Crippen LogP contribution in [0.3, 0.4) is 0 Å². The number of halogens is 1. The normalized spacial score (nSPS) is 14.5. The lowest BCUT2D eigenvalue weighted by molar-refractivity contribution is -0.130. The van der Waals surface area contributed by atoms with Gasteiger partial charge in [-0.2, -0.15) is 4.98 Å². The Kier molecular flexibility index (Phi) is 7.37. The van der Waals surface area contributed by atoms with E-state index in [2.05, 4.69) is 16.7 Å². The first-order valence-electron chi connectivity index (χ1n) is 10.3. The Balaban J connectivity index is 1.85. The molecule has 2 aromatic rings. The third kappa shape index (κ3) is 5.03. The highest BCUT2D eigenvalue weighted by atomic mass is 35.5. The van der Waals surface area contributed by atoms with Crippen molar-refractivity contribution in [3.8, 4) is 11.4 Å². The van der Waals surface area contributed by atoms with Crippen LogP contribution in [0.1, 0.15) is 36.4 Å².